The Morgan fingerprint density at radius 1 is 0.967 bits per heavy atom. The second-order valence-electron chi connectivity index (χ2n) is 7.75. The maximum absolute atomic E-state index is 6.01. The number of anilines is 2. The number of nitrogens with zero attached hydrogens (tertiary/aromatic N) is 3. The fourth-order valence-electron chi connectivity index (χ4n) is 4.10. The minimum absolute atomic E-state index is 0.680. The van der Waals surface area contributed by atoms with Gasteiger partial charge in [0.25, 0.3) is 0 Å². The number of para-hydroxylation sites is 1. The lowest BCUT2D eigenvalue weighted by Crippen LogP contribution is -2.32. The van der Waals surface area contributed by atoms with Crippen molar-refractivity contribution >= 4 is 34.3 Å². The predicted molar refractivity (Wildman–Crippen MR) is 124 cm³/mol. The molecule has 5 rings (SSSR count). The van der Waals surface area contributed by atoms with Crippen LogP contribution in [0, 0.1) is 6.92 Å². The Bertz CT molecular complexity index is 1200. The van der Waals surface area contributed by atoms with E-state index in [1.54, 1.807) is 0 Å². The number of aromatic nitrogens is 2. The first-order chi connectivity index (χ1) is 14.7. The Balaban J connectivity index is 1.47. The maximum atomic E-state index is 6.01. The van der Waals surface area contributed by atoms with Crippen molar-refractivity contribution in [1.82, 2.24) is 9.97 Å². The van der Waals surface area contributed by atoms with Crippen LogP contribution in [0.5, 0.6) is 0 Å². The summed E-state index contributed by atoms with van der Waals surface area (Å²) in [5.41, 5.74) is 6.32. The third-order valence-electron chi connectivity index (χ3n) is 5.75. The van der Waals surface area contributed by atoms with Crippen LogP contribution in [0.4, 0.5) is 11.8 Å². The maximum Gasteiger partial charge on any atom is 0.228 e. The van der Waals surface area contributed by atoms with E-state index in [-0.39, 0.29) is 0 Å². The van der Waals surface area contributed by atoms with Crippen LogP contribution in [0.25, 0.3) is 10.9 Å². The Morgan fingerprint density at radius 2 is 1.80 bits per heavy atom. The molecule has 30 heavy (non-hydrogen) atoms. The highest BCUT2D eigenvalue weighted by Crippen LogP contribution is 2.28. The van der Waals surface area contributed by atoms with Crippen LogP contribution in [0.1, 0.15) is 22.3 Å². The Labute approximate surface area is 181 Å². The predicted octanol–water partition coefficient (Wildman–Crippen LogP) is 5.77. The molecule has 5 heteroatoms. The van der Waals surface area contributed by atoms with E-state index in [2.05, 4.69) is 47.5 Å². The van der Waals surface area contributed by atoms with Crippen LogP contribution in [0.2, 0.25) is 5.02 Å². The molecule has 4 aromatic rings. The number of aryl methyl sites for hydroxylation is 1. The van der Waals surface area contributed by atoms with Crippen molar-refractivity contribution in [1.29, 1.82) is 0 Å². The molecule has 0 atom stereocenters. The third-order valence-corrected chi connectivity index (χ3v) is 6.00. The average molecular weight is 415 g/mol. The summed E-state index contributed by atoms with van der Waals surface area (Å²) in [6.07, 6.45) is 1.02. The van der Waals surface area contributed by atoms with E-state index in [0.717, 1.165) is 52.8 Å². The molecule has 2 heterocycles. The molecule has 1 aromatic heterocycles. The highest BCUT2D eigenvalue weighted by Gasteiger charge is 2.21. The summed E-state index contributed by atoms with van der Waals surface area (Å²) >= 11 is 6.01. The van der Waals surface area contributed by atoms with Crippen LogP contribution in [0.15, 0.2) is 66.7 Å². The quantitative estimate of drug-likeness (QED) is 0.460. The number of nitrogens with one attached hydrogen (secondary N) is 1. The Morgan fingerprint density at radius 3 is 2.67 bits per heavy atom. The van der Waals surface area contributed by atoms with E-state index in [4.69, 9.17) is 21.6 Å². The molecule has 4 nitrogen and oxygen atoms in total. The van der Waals surface area contributed by atoms with Gasteiger partial charge in [-0.2, -0.15) is 4.98 Å². The van der Waals surface area contributed by atoms with E-state index in [1.165, 1.54) is 16.7 Å². The van der Waals surface area contributed by atoms with Gasteiger partial charge in [0.15, 0.2) is 0 Å². The largest absolute Gasteiger partial charge is 0.365 e. The van der Waals surface area contributed by atoms with E-state index in [0.29, 0.717) is 6.54 Å². The van der Waals surface area contributed by atoms with Crippen molar-refractivity contribution in [2.45, 2.75) is 26.4 Å². The summed E-state index contributed by atoms with van der Waals surface area (Å²) < 4.78 is 0. The molecule has 0 saturated heterocycles. The van der Waals surface area contributed by atoms with Gasteiger partial charge in [-0.1, -0.05) is 54.1 Å². The molecule has 0 spiro atoms. The monoisotopic (exact) mass is 414 g/mol. The Kier molecular flexibility index (Phi) is 5.01. The molecule has 0 amide bonds. The van der Waals surface area contributed by atoms with Crippen molar-refractivity contribution < 1.29 is 0 Å². The molecule has 1 aliphatic heterocycles. The Hall–Kier alpha value is -3.11. The highest BCUT2D eigenvalue weighted by atomic mass is 35.5. The van der Waals surface area contributed by atoms with Gasteiger partial charge < -0.3 is 10.2 Å². The van der Waals surface area contributed by atoms with Crippen LogP contribution in [-0.2, 0) is 19.5 Å². The SMILES string of the molecule is Cc1cccc2c1CCN(c1nc(NCc3ccc(Cl)cc3)c3ccccc3n1)C2. The first-order valence-electron chi connectivity index (χ1n) is 10.2. The lowest BCUT2D eigenvalue weighted by Gasteiger charge is -2.30. The van der Waals surface area contributed by atoms with E-state index in [9.17, 15) is 0 Å². The van der Waals surface area contributed by atoms with E-state index >= 15 is 0 Å². The van der Waals surface area contributed by atoms with Crippen LogP contribution in [-0.4, -0.2) is 16.5 Å². The molecule has 0 saturated carbocycles. The van der Waals surface area contributed by atoms with Crippen LogP contribution >= 0.6 is 11.6 Å². The zero-order chi connectivity index (χ0) is 20.5. The van der Waals surface area contributed by atoms with Crippen molar-refractivity contribution in [3.05, 3.63) is 94.0 Å². The zero-order valence-electron chi connectivity index (χ0n) is 16.9. The number of hydrogen-bond acceptors (Lipinski definition) is 4. The summed E-state index contributed by atoms with van der Waals surface area (Å²) in [6.45, 7) is 4.64. The fourth-order valence-corrected chi connectivity index (χ4v) is 4.23. The van der Waals surface area contributed by atoms with Crippen LogP contribution in [0.3, 0.4) is 0 Å². The lowest BCUT2D eigenvalue weighted by atomic mass is 9.95. The van der Waals surface area contributed by atoms with Gasteiger partial charge in [-0.05, 0) is 59.9 Å². The van der Waals surface area contributed by atoms with E-state index in [1.807, 2.05) is 36.4 Å². The van der Waals surface area contributed by atoms with Gasteiger partial charge in [0.1, 0.15) is 5.82 Å². The van der Waals surface area contributed by atoms with Crippen molar-refractivity contribution in [3.63, 3.8) is 0 Å². The summed E-state index contributed by atoms with van der Waals surface area (Å²) in [5, 5.41) is 5.29. The second kappa shape index (κ2) is 7.96. The second-order valence-corrected chi connectivity index (χ2v) is 8.19. The molecule has 1 aliphatic rings. The zero-order valence-corrected chi connectivity index (χ0v) is 17.7. The average Bonchev–Trinajstić information content (AvgIpc) is 2.78. The summed E-state index contributed by atoms with van der Waals surface area (Å²) in [7, 11) is 0. The number of rotatable bonds is 4. The number of fused-ring (bicyclic) bond motifs is 2. The first kappa shape index (κ1) is 18.9. The number of hydrogen-bond donors (Lipinski definition) is 1. The smallest absolute Gasteiger partial charge is 0.228 e. The first-order valence-corrected chi connectivity index (χ1v) is 10.6. The molecular formula is C25H23ClN4. The number of benzene rings is 3. The van der Waals surface area contributed by atoms with Crippen molar-refractivity contribution in [3.8, 4) is 0 Å². The van der Waals surface area contributed by atoms with Gasteiger partial charge in [-0.3, -0.25) is 0 Å². The highest BCUT2D eigenvalue weighted by molar-refractivity contribution is 6.30. The summed E-state index contributed by atoms with van der Waals surface area (Å²) in [4.78, 5) is 12.1. The minimum atomic E-state index is 0.680. The molecule has 0 aliphatic carbocycles. The molecule has 3 aromatic carbocycles. The van der Waals surface area contributed by atoms with Gasteiger partial charge in [-0.25, -0.2) is 4.98 Å². The standard InChI is InChI=1S/C25H23ClN4/c1-17-5-4-6-19-16-30(14-13-21(17)19)25-28-23-8-3-2-7-22(23)24(29-25)27-15-18-9-11-20(26)12-10-18/h2-12H,13-16H2,1H3,(H,27,28,29). The minimum Gasteiger partial charge on any atom is -0.365 e. The summed E-state index contributed by atoms with van der Waals surface area (Å²) in [6, 6.07) is 22.6. The van der Waals surface area contributed by atoms with Crippen molar-refractivity contribution in [2.24, 2.45) is 0 Å². The third kappa shape index (κ3) is 3.71. The molecule has 0 bridgehead atoms. The molecule has 0 radical (unpaired) electrons. The molecule has 0 unspecified atom stereocenters. The molecule has 1 N–H and O–H groups in total. The normalized spacial score (nSPS) is 13.3. The fraction of sp³-hybridized carbons (Fsp3) is 0.200. The van der Waals surface area contributed by atoms with Gasteiger partial charge in [0, 0.05) is 30.0 Å². The summed E-state index contributed by atoms with van der Waals surface area (Å²) in [5.74, 6) is 1.64. The van der Waals surface area contributed by atoms with E-state index < -0.39 is 0 Å². The van der Waals surface area contributed by atoms with Gasteiger partial charge in [-0.15, -0.1) is 0 Å². The molecular weight excluding hydrogens is 392 g/mol. The topological polar surface area (TPSA) is 41.1 Å². The molecule has 150 valence electrons. The van der Waals surface area contributed by atoms with Gasteiger partial charge in [0.2, 0.25) is 5.95 Å². The van der Waals surface area contributed by atoms with Crippen LogP contribution < -0.4 is 10.2 Å². The van der Waals surface area contributed by atoms with Gasteiger partial charge >= 0.3 is 0 Å². The molecule has 0 fully saturated rings. The number of halogens is 1. The van der Waals surface area contributed by atoms with Gasteiger partial charge in [0.05, 0.1) is 5.52 Å². The lowest BCUT2D eigenvalue weighted by molar-refractivity contribution is 0.707. The van der Waals surface area contributed by atoms with Crippen molar-refractivity contribution in [2.75, 3.05) is 16.8 Å².